The van der Waals surface area contributed by atoms with Crippen LogP contribution in [0.4, 0.5) is 4.79 Å². The maximum absolute atomic E-state index is 12.8. The molecule has 2 rings (SSSR count). The summed E-state index contributed by atoms with van der Waals surface area (Å²) in [5.74, 6) is -0.421. The Bertz CT molecular complexity index is 756. The predicted octanol–water partition coefficient (Wildman–Crippen LogP) is 2.97. The molecule has 1 unspecified atom stereocenters. The fourth-order valence-corrected chi connectivity index (χ4v) is 3.65. The monoisotopic (exact) mass is 410 g/mol. The number of likely N-dealkylation sites (tertiary alicyclic amines) is 1. The molecular weight excluding hydrogens is 380 g/mol. The number of esters is 1. The first-order valence-electron chi connectivity index (χ1n) is 9.14. The summed E-state index contributed by atoms with van der Waals surface area (Å²) in [5.41, 5.74) is 0.0160. The summed E-state index contributed by atoms with van der Waals surface area (Å²) in [7, 11) is -0.00946. The van der Waals surface area contributed by atoms with Crippen LogP contribution in [0.15, 0.2) is 24.3 Å². The van der Waals surface area contributed by atoms with E-state index in [1.165, 1.54) is 7.11 Å². The Morgan fingerprint density at radius 3 is 2.04 bits per heavy atom. The van der Waals surface area contributed by atoms with Gasteiger partial charge in [-0.3, -0.25) is 0 Å². The summed E-state index contributed by atoms with van der Waals surface area (Å²) >= 11 is 0. The molecule has 156 valence electrons. The molecule has 1 atom stereocenters. The highest BCUT2D eigenvalue weighted by Gasteiger charge is 2.49. The number of rotatable bonds is 4. The zero-order valence-corrected chi connectivity index (χ0v) is 18.4. The molecule has 1 saturated heterocycles. The van der Waals surface area contributed by atoms with E-state index in [0.717, 1.165) is 5.56 Å². The summed E-state index contributed by atoms with van der Waals surface area (Å²) in [6.45, 7) is 11.7. The van der Waals surface area contributed by atoms with Gasteiger partial charge in [0, 0.05) is 13.1 Å². The Kier molecular flexibility index (Phi) is 6.25. The zero-order valence-electron chi connectivity index (χ0n) is 17.6. The van der Waals surface area contributed by atoms with Gasteiger partial charge >= 0.3 is 12.1 Å². The number of hydrogen-bond acceptors (Lipinski definition) is 5. The number of carbonyl (C=O) groups excluding carboxylic acids is 2. The van der Waals surface area contributed by atoms with Crippen LogP contribution in [0, 0.1) is 0 Å². The normalized spacial score (nSPS) is 17.5. The fraction of sp³-hybridized carbons (Fsp3) is 0.600. The Morgan fingerprint density at radius 2 is 1.61 bits per heavy atom. The average Bonchev–Trinajstić information content (AvgIpc) is 2.54. The van der Waals surface area contributed by atoms with Crippen LogP contribution in [-0.4, -0.2) is 51.7 Å². The van der Waals surface area contributed by atoms with Gasteiger partial charge in [0.2, 0.25) is 0 Å². The van der Waals surface area contributed by atoms with Crippen LogP contribution < -0.4 is 4.72 Å². The van der Waals surface area contributed by atoms with Crippen molar-refractivity contribution < 1.29 is 23.3 Å². The number of ether oxygens (including phenoxy) is 2. The van der Waals surface area contributed by atoms with Gasteiger partial charge in [-0.1, -0.05) is 12.1 Å². The molecule has 0 radical (unpaired) electrons. The van der Waals surface area contributed by atoms with E-state index in [-0.39, 0.29) is 0 Å². The van der Waals surface area contributed by atoms with Crippen LogP contribution >= 0.6 is 0 Å². The minimum absolute atomic E-state index is 0.321. The molecule has 1 N–H and O–H groups in total. The van der Waals surface area contributed by atoms with Crippen molar-refractivity contribution in [2.75, 3.05) is 20.2 Å². The topological polar surface area (TPSA) is 84.9 Å². The molecule has 0 saturated carbocycles. The number of nitrogens with zero attached hydrogens (tertiary/aromatic N) is 1. The molecule has 0 spiro atoms. The summed E-state index contributed by atoms with van der Waals surface area (Å²) < 4.78 is 25.7. The van der Waals surface area contributed by atoms with Crippen LogP contribution in [0.25, 0.3) is 0 Å². The molecule has 1 aromatic carbocycles. The van der Waals surface area contributed by atoms with Crippen molar-refractivity contribution in [2.24, 2.45) is 0 Å². The number of benzene rings is 1. The Hall–Kier alpha value is -1.93. The van der Waals surface area contributed by atoms with Crippen molar-refractivity contribution in [3.8, 4) is 0 Å². The average molecular weight is 411 g/mol. The third-order valence-electron chi connectivity index (χ3n) is 4.28. The van der Waals surface area contributed by atoms with Gasteiger partial charge in [-0.25, -0.2) is 18.5 Å². The second kappa shape index (κ2) is 7.83. The molecule has 1 aliphatic rings. The zero-order chi connectivity index (χ0) is 21.3. The molecule has 0 aliphatic carbocycles. The molecule has 1 aliphatic heterocycles. The second-order valence-corrected chi connectivity index (χ2v) is 10.9. The van der Waals surface area contributed by atoms with E-state index in [0.29, 0.717) is 18.7 Å². The van der Waals surface area contributed by atoms with E-state index in [9.17, 15) is 13.8 Å². The van der Waals surface area contributed by atoms with Gasteiger partial charge in [-0.05, 0) is 59.2 Å². The molecule has 1 aromatic rings. The molecule has 1 fully saturated rings. The van der Waals surface area contributed by atoms with Gasteiger partial charge in [0.25, 0.3) is 0 Å². The summed E-state index contributed by atoms with van der Waals surface area (Å²) in [6.07, 6.45) is -0.405. The van der Waals surface area contributed by atoms with Crippen LogP contribution in [-0.2, 0) is 26.0 Å². The van der Waals surface area contributed by atoms with Crippen molar-refractivity contribution in [3.63, 3.8) is 0 Å². The first-order valence-corrected chi connectivity index (χ1v) is 10.3. The fourth-order valence-electron chi connectivity index (χ4n) is 2.74. The maximum Gasteiger partial charge on any atom is 0.410 e. The van der Waals surface area contributed by atoms with Crippen LogP contribution in [0.1, 0.15) is 57.5 Å². The Labute approximate surface area is 169 Å². The van der Waals surface area contributed by atoms with Crippen molar-refractivity contribution in [3.05, 3.63) is 35.4 Å². The molecule has 1 heterocycles. The first-order chi connectivity index (χ1) is 12.8. The first kappa shape index (κ1) is 22.4. The van der Waals surface area contributed by atoms with E-state index in [1.807, 2.05) is 41.5 Å². The van der Waals surface area contributed by atoms with E-state index in [4.69, 9.17) is 9.47 Å². The Balaban J connectivity index is 2.26. The molecule has 28 heavy (non-hydrogen) atoms. The van der Waals surface area contributed by atoms with Crippen molar-refractivity contribution in [1.29, 1.82) is 0 Å². The highest BCUT2D eigenvalue weighted by Crippen LogP contribution is 2.35. The van der Waals surface area contributed by atoms with E-state index >= 15 is 0 Å². The number of nitrogens with one attached hydrogen (secondary N) is 1. The number of amides is 1. The van der Waals surface area contributed by atoms with Gasteiger partial charge in [0.05, 0.1) is 33.9 Å². The molecule has 0 bridgehead atoms. The predicted molar refractivity (Wildman–Crippen MR) is 108 cm³/mol. The van der Waals surface area contributed by atoms with Gasteiger partial charge < -0.3 is 14.4 Å². The van der Waals surface area contributed by atoms with Crippen molar-refractivity contribution in [2.45, 2.75) is 57.4 Å². The third kappa shape index (κ3) is 5.11. The maximum atomic E-state index is 12.8. The minimum atomic E-state index is -1.34. The van der Waals surface area contributed by atoms with Gasteiger partial charge in [-0.15, -0.1) is 0 Å². The smallest absolute Gasteiger partial charge is 0.410 e. The Morgan fingerprint density at radius 1 is 1.07 bits per heavy atom. The lowest BCUT2D eigenvalue weighted by Crippen LogP contribution is -2.69. The third-order valence-corrected chi connectivity index (χ3v) is 5.96. The number of hydrogen-bond donors (Lipinski definition) is 1. The lowest BCUT2D eigenvalue weighted by molar-refractivity contribution is -0.0123. The number of carbonyl (C=O) groups is 2. The van der Waals surface area contributed by atoms with Crippen molar-refractivity contribution >= 4 is 23.0 Å². The van der Waals surface area contributed by atoms with Gasteiger partial charge in [-0.2, -0.15) is 0 Å². The molecule has 7 nitrogen and oxygen atoms in total. The van der Waals surface area contributed by atoms with E-state index < -0.39 is 38.9 Å². The van der Waals surface area contributed by atoms with Crippen molar-refractivity contribution in [1.82, 2.24) is 9.62 Å². The molecule has 1 amide bonds. The molecular formula is C20H30N2O5S. The summed E-state index contributed by atoms with van der Waals surface area (Å²) in [4.78, 5) is 25.6. The lowest BCUT2D eigenvalue weighted by atomic mass is 9.83. The van der Waals surface area contributed by atoms with E-state index in [2.05, 4.69) is 4.72 Å². The summed E-state index contributed by atoms with van der Waals surface area (Å²) in [5, 5.41) is 0. The largest absolute Gasteiger partial charge is 0.465 e. The second-order valence-electron chi connectivity index (χ2n) is 8.97. The van der Waals surface area contributed by atoms with Gasteiger partial charge in [0.1, 0.15) is 5.60 Å². The lowest BCUT2D eigenvalue weighted by Gasteiger charge is -2.50. The van der Waals surface area contributed by atoms with Crippen LogP contribution in [0.2, 0.25) is 0 Å². The van der Waals surface area contributed by atoms with Crippen LogP contribution in [0.5, 0.6) is 0 Å². The number of methoxy groups -OCH3 is 1. The highest BCUT2D eigenvalue weighted by molar-refractivity contribution is 7.84. The highest BCUT2D eigenvalue weighted by atomic mass is 32.2. The molecule has 8 heteroatoms. The van der Waals surface area contributed by atoms with Crippen LogP contribution in [0.3, 0.4) is 0 Å². The quantitative estimate of drug-likeness (QED) is 0.772. The molecule has 0 aromatic heterocycles. The summed E-state index contributed by atoms with van der Waals surface area (Å²) in [6, 6.07) is 6.93. The van der Waals surface area contributed by atoms with Gasteiger partial charge in [0.15, 0.2) is 0 Å². The minimum Gasteiger partial charge on any atom is -0.465 e. The standard InChI is InChI=1S/C20H30N2O5S/c1-18(2,3)27-17(24)22-12-20(13-22,21-28(25)19(4,5)6)15-10-8-14(9-11-15)16(23)26-7/h8-11,21H,12-13H2,1-7H3. The SMILES string of the molecule is COC(=O)c1ccc(C2(NS(=O)C(C)(C)C)CN(C(=O)OC(C)(C)C)C2)cc1. The van der Waals surface area contributed by atoms with E-state index in [1.54, 1.807) is 29.2 Å².